The van der Waals surface area contributed by atoms with Crippen molar-refractivity contribution >= 4 is 22.5 Å². The van der Waals surface area contributed by atoms with Crippen molar-refractivity contribution in [3.05, 3.63) is 69.9 Å². The highest BCUT2D eigenvalue weighted by Gasteiger charge is 2.20. The Hall–Kier alpha value is -3.34. The summed E-state index contributed by atoms with van der Waals surface area (Å²) in [5, 5.41) is 19.9. The van der Waals surface area contributed by atoms with Crippen molar-refractivity contribution in [1.29, 1.82) is 0 Å². The predicted octanol–water partition coefficient (Wildman–Crippen LogP) is 4.04. The van der Waals surface area contributed by atoms with Crippen LogP contribution in [0.1, 0.15) is 19.4 Å². The second kappa shape index (κ2) is 6.28. The Morgan fingerprint density at radius 1 is 1.16 bits per heavy atom. The van der Waals surface area contributed by atoms with Gasteiger partial charge in [-0.05, 0) is 43.7 Å². The zero-order chi connectivity index (χ0) is 18.1. The molecule has 0 amide bonds. The molecule has 1 aromatic rings. The van der Waals surface area contributed by atoms with Crippen LogP contribution in [0.4, 0.5) is 0 Å². The maximum atomic E-state index is 11.7. The maximum Gasteiger partial charge on any atom is 0.335 e. The smallest absolute Gasteiger partial charge is 0.335 e. The largest absolute Gasteiger partial charge is 0.508 e. The van der Waals surface area contributed by atoms with Crippen LogP contribution in [0.15, 0.2) is 63.3 Å². The van der Waals surface area contributed by atoms with Gasteiger partial charge in [-0.15, -0.1) is 0 Å². The zero-order valence-corrected chi connectivity index (χ0v) is 13.7. The van der Waals surface area contributed by atoms with Gasteiger partial charge in [0.2, 0.25) is 0 Å². The van der Waals surface area contributed by atoms with Gasteiger partial charge in [-0.2, -0.15) is 0 Å². The Morgan fingerprint density at radius 2 is 1.92 bits per heavy atom. The van der Waals surface area contributed by atoms with E-state index >= 15 is 0 Å². The normalized spacial score (nSPS) is 12.7. The van der Waals surface area contributed by atoms with E-state index in [4.69, 9.17) is 4.42 Å². The van der Waals surface area contributed by atoms with Crippen molar-refractivity contribution in [3.8, 4) is 17.1 Å². The van der Waals surface area contributed by atoms with Gasteiger partial charge in [0.25, 0.3) is 0 Å². The molecule has 0 radical (unpaired) electrons. The Labute approximate surface area is 143 Å². The number of phenolic OH excluding ortho intramolecular Hbond substituents is 1. The van der Waals surface area contributed by atoms with Crippen molar-refractivity contribution in [2.45, 2.75) is 13.8 Å². The summed E-state index contributed by atoms with van der Waals surface area (Å²) in [6.45, 7) is 3.46. The van der Waals surface area contributed by atoms with Crippen LogP contribution in [-0.4, -0.2) is 16.2 Å². The molecule has 0 unspecified atom stereocenters. The fraction of sp³-hybridized carbons (Fsp3) is 0.100. The number of carboxylic acid groups (broad SMARTS) is 1. The van der Waals surface area contributed by atoms with E-state index in [-0.39, 0.29) is 16.8 Å². The number of hydrogen-bond donors (Lipinski definition) is 2. The molecule has 2 aliphatic rings. The van der Waals surface area contributed by atoms with Crippen LogP contribution in [0.3, 0.4) is 0 Å². The fourth-order valence-electron chi connectivity index (χ4n) is 2.92. The molecule has 2 N–H and O–H groups in total. The molecule has 5 nitrogen and oxygen atoms in total. The Morgan fingerprint density at radius 3 is 2.60 bits per heavy atom. The molecule has 0 atom stereocenters. The second-order valence-electron chi connectivity index (χ2n) is 5.66. The predicted molar refractivity (Wildman–Crippen MR) is 95.8 cm³/mol. The van der Waals surface area contributed by atoms with Gasteiger partial charge in [-0.1, -0.05) is 12.2 Å². The number of hydrogen-bond acceptors (Lipinski definition) is 4. The third-order valence-electron chi connectivity index (χ3n) is 4.02. The summed E-state index contributed by atoms with van der Waals surface area (Å²) in [4.78, 5) is 23.3. The molecule has 25 heavy (non-hydrogen) atoms. The lowest BCUT2D eigenvalue weighted by molar-refractivity contribution is -0.132. The summed E-state index contributed by atoms with van der Waals surface area (Å²) < 4.78 is 5.75. The Balaban J connectivity index is 2.52. The molecule has 0 fully saturated rings. The highest BCUT2D eigenvalue weighted by atomic mass is 16.4. The van der Waals surface area contributed by atoms with Crippen LogP contribution < -0.4 is 5.43 Å². The molecule has 0 spiro atoms. The van der Waals surface area contributed by atoms with Crippen LogP contribution in [-0.2, 0) is 4.79 Å². The van der Waals surface area contributed by atoms with Gasteiger partial charge in [0.1, 0.15) is 17.1 Å². The van der Waals surface area contributed by atoms with Crippen molar-refractivity contribution in [2.75, 3.05) is 0 Å². The number of aliphatic carboxylic acids is 1. The summed E-state index contributed by atoms with van der Waals surface area (Å²) in [6, 6.07) is 9.02. The second-order valence-corrected chi connectivity index (χ2v) is 5.66. The number of benzene rings is 2. The van der Waals surface area contributed by atoms with Gasteiger partial charge >= 0.3 is 5.97 Å². The molecule has 0 aromatic heterocycles. The highest BCUT2D eigenvalue weighted by Crippen LogP contribution is 2.39. The molecule has 5 heteroatoms. The number of fused-ring (bicyclic) bond motifs is 2. The van der Waals surface area contributed by atoms with E-state index in [1.54, 1.807) is 32.1 Å². The summed E-state index contributed by atoms with van der Waals surface area (Å²) in [7, 11) is 0. The first-order valence-corrected chi connectivity index (χ1v) is 7.69. The average molecular weight is 336 g/mol. The lowest BCUT2D eigenvalue weighted by Crippen LogP contribution is -2.04. The van der Waals surface area contributed by atoms with Crippen LogP contribution in [0, 0.1) is 0 Å². The minimum atomic E-state index is -1.04. The molecule has 126 valence electrons. The van der Waals surface area contributed by atoms with E-state index in [1.807, 2.05) is 0 Å². The number of aromatic hydroxyl groups is 1. The van der Waals surface area contributed by atoms with Crippen molar-refractivity contribution in [2.24, 2.45) is 0 Å². The minimum absolute atomic E-state index is 0.0216. The summed E-state index contributed by atoms with van der Waals surface area (Å²) >= 11 is 0. The Bertz CT molecular complexity index is 1070. The number of carboxylic acids is 1. The quantitative estimate of drug-likeness (QED) is 0.428. The van der Waals surface area contributed by atoms with E-state index in [9.17, 15) is 19.8 Å². The van der Waals surface area contributed by atoms with Gasteiger partial charge in [-0.25, -0.2) is 4.79 Å². The third kappa shape index (κ3) is 2.92. The van der Waals surface area contributed by atoms with Gasteiger partial charge in [0, 0.05) is 28.6 Å². The molecule has 0 saturated carbocycles. The first kappa shape index (κ1) is 16.5. The van der Waals surface area contributed by atoms with Gasteiger partial charge in [0.05, 0.1) is 5.57 Å². The summed E-state index contributed by atoms with van der Waals surface area (Å²) in [6.07, 6.45) is 3.19. The van der Waals surface area contributed by atoms with Crippen molar-refractivity contribution in [1.82, 2.24) is 0 Å². The monoisotopic (exact) mass is 336 g/mol. The van der Waals surface area contributed by atoms with E-state index in [1.165, 1.54) is 30.3 Å². The summed E-state index contributed by atoms with van der Waals surface area (Å²) in [5.74, 6) is -0.685. The van der Waals surface area contributed by atoms with Crippen molar-refractivity contribution < 1.29 is 19.4 Å². The number of rotatable bonds is 3. The van der Waals surface area contributed by atoms with Crippen LogP contribution >= 0.6 is 0 Å². The first-order valence-electron chi connectivity index (χ1n) is 7.69. The maximum absolute atomic E-state index is 11.7. The molecule has 0 saturated heterocycles. The van der Waals surface area contributed by atoms with E-state index in [2.05, 4.69) is 0 Å². The topological polar surface area (TPSA) is 87.7 Å². The molecule has 0 bridgehead atoms. The molecule has 1 aromatic carbocycles. The first-order chi connectivity index (χ1) is 11.9. The highest BCUT2D eigenvalue weighted by molar-refractivity contribution is 6.06. The van der Waals surface area contributed by atoms with E-state index in [0.29, 0.717) is 33.4 Å². The average Bonchev–Trinajstić information content (AvgIpc) is 2.56. The number of phenols is 1. The lowest BCUT2D eigenvalue weighted by Gasteiger charge is -2.16. The molecular weight excluding hydrogens is 320 g/mol. The SMILES string of the molecule is C/C=C\C(C(=O)O)=C(/C)c1c2ccc(=O)cc-2oc2cc(O)ccc12. The summed E-state index contributed by atoms with van der Waals surface area (Å²) in [5.41, 5.74) is 2.15. The zero-order valence-electron chi connectivity index (χ0n) is 13.7. The van der Waals surface area contributed by atoms with Crippen molar-refractivity contribution in [3.63, 3.8) is 0 Å². The molecule has 1 aliphatic heterocycles. The van der Waals surface area contributed by atoms with Gasteiger partial charge in [0.15, 0.2) is 5.43 Å². The van der Waals surface area contributed by atoms with Crippen LogP contribution in [0.2, 0.25) is 0 Å². The van der Waals surface area contributed by atoms with Crippen LogP contribution in [0.5, 0.6) is 5.75 Å². The lowest BCUT2D eigenvalue weighted by atomic mass is 9.91. The van der Waals surface area contributed by atoms with E-state index < -0.39 is 5.97 Å². The van der Waals surface area contributed by atoms with Gasteiger partial charge < -0.3 is 14.6 Å². The fourth-order valence-corrected chi connectivity index (χ4v) is 2.92. The minimum Gasteiger partial charge on any atom is -0.508 e. The molecule has 1 heterocycles. The number of carbonyl (C=O) groups is 1. The van der Waals surface area contributed by atoms with Crippen LogP contribution in [0.25, 0.3) is 27.9 Å². The molecule has 3 rings (SSSR count). The molecule has 1 aliphatic carbocycles. The standard InChI is InChI=1S/C20H16O5/c1-3-4-14(20(23)24)11(2)19-15-7-5-12(21)9-17(15)25-18-10-13(22)6-8-16(18)19/h3-10,21H,1-2H3,(H,23,24)/b4-3-,14-11-. The number of allylic oxidation sites excluding steroid dienone is 2. The molecular formula is C20H16O5. The van der Waals surface area contributed by atoms with Gasteiger partial charge in [-0.3, -0.25) is 4.79 Å². The van der Waals surface area contributed by atoms with E-state index in [0.717, 1.165) is 0 Å². The Kier molecular flexibility index (Phi) is 4.15. The third-order valence-corrected chi connectivity index (χ3v) is 4.02.